The van der Waals surface area contributed by atoms with Gasteiger partial charge in [-0.15, -0.1) is 11.3 Å². The van der Waals surface area contributed by atoms with E-state index in [4.69, 9.17) is 9.47 Å². The number of fused-ring (bicyclic) bond motifs is 1. The third kappa shape index (κ3) is 5.34. The van der Waals surface area contributed by atoms with Crippen LogP contribution in [0.15, 0.2) is 10.8 Å². The van der Waals surface area contributed by atoms with Crippen molar-refractivity contribution >= 4 is 21.5 Å². The average molecular weight is 299 g/mol. The first-order valence-electron chi connectivity index (χ1n) is 5.42. The van der Waals surface area contributed by atoms with E-state index in [2.05, 4.69) is 0 Å². The van der Waals surface area contributed by atoms with Crippen molar-refractivity contribution in [2.45, 2.75) is 6.10 Å². The van der Waals surface area contributed by atoms with Crippen LogP contribution in [0.2, 0.25) is 0 Å². The SMILES string of the molecule is CN(CCS(=O)(=O)[O-])CC1COc2cscc2O1.[Li+]. The van der Waals surface area contributed by atoms with Crippen molar-refractivity contribution in [1.29, 1.82) is 0 Å². The molecule has 1 aliphatic rings. The van der Waals surface area contributed by atoms with E-state index in [1.54, 1.807) is 11.9 Å². The maximum Gasteiger partial charge on any atom is 1.00 e. The monoisotopic (exact) mass is 299 g/mol. The summed E-state index contributed by atoms with van der Waals surface area (Å²) in [6.07, 6.45) is -0.147. The molecular weight excluding hydrogens is 285 g/mol. The number of ether oxygens (including phenoxy) is 2. The molecule has 2 rings (SSSR count). The molecule has 6 nitrogen and oxygen atoms in total. The molecule has 0 radical (unpaired) electrons. The van der Waals surface area contributed by atoms with Crippen LogP contribution >= 0.6 is 11.3 Å². The third-order valence-corrected chi connectivity index (χ3v) is 3.93. The molecule has 1 aromatic rings. The van der Waals surface area contributed by atoms with Gasteiger partial charge in [0.1, 0.15) is 12.7 Å². The van der Waals surface area contributed by atoms with Crippen LogP contribution in [0.3, 0.4) is 0 Å². The zero-order valence-corrected chi connectivity index (χ0v) is 12.5. The largest absolute Gasteiger partial charge is 1.00 e. The molecule has 0 saturated carbocycles. The van der Waals surface area contributed by atoms with Gasteiger partial charge in [-0.1, -0.05) is 0 Å². The zero-order valence-electron chi connectivity index (χ0n) is 10.9. The molecule has 9 heteroatoms. The van der Waals surface area contributed by atoms with Gasteiger partial charge in [-0.05, 0) is 7.05 Å². The summed E-state index contributed by atoms with van der Waals surface area (Å²) >= 11 is 1.51. The van der Waals surface area contributed by atoms with E-state index in [-0.39, 0.29) is 37.3 Å². The first-order valence-corrected chi connectivity index (χ1v) is 7.94. The fourth-order valence-corrected chi connectivity index (χ4v) is 2.86. The Hall–Kier alpha value is -0.233. The van der Waals surface area contributed by atoms with Gasteiger partial charge >= 0.3 is 18.9 Å². The fourth-order valence-electron chi connectivity index (χ4n) is 1.66. The Morgan fingerprint density at radius 1 is 1.47 bits per heavy atom. The van der Waals surface area contributed by atoms with E-state index in [9.17, 15) is 13.0 Å². The molecule has 0 fully saturated rings. The molecule has 102 valence electrons. The van der Waals surface area contributed by atoms with Crippen molar-refractivity contribution in [3.63, 3.8) is 0 Å². The molecule has 0 saturated heterocycles. The van der Waals surface area contributed by atoms with Gasteiger partial charge in [0.2, 0.25) is 0 Å². The van der Waals surface area contributed by atoms with Crippen LogP contribution in [0, 0.1) is 0 Å². The number of rotatable bonds is 5. The van der Waals surface area contributed by atoms with Crippen LogP contribution in [-0.4, -0.2) is 56.5 Å². The summed E-state index contributed by atoms with van der Waals surface area (Å²) in [5.41, 5.74) is 0. The number of thiophene rings is 1. The molecular formula is C10H14LiNO5S2. The van der Waals surface area contributed by atoms with Crippen molar-refractivity contribution in [1.82, 2.24) is 4.90 Å². The summed E-state index contributed by atoms with van der Waals surface area (Å²) < 4.78 is 42.8. The van der Waals surface area contributed by atoms with Crippen molar-refractivity contribution in [3.05, 3.63) is 10.8 Å². The molecule has 1 atom stereocenters. The minimum Gasteiger partial charge on any atom is -0.748 e. The third-order valence-electron chi connectivity index (χ3n) is 2.55. The Bertz CT molecular complexity index is 504. The second kappa shape index (κ2) is 6.97. The zero-order chi connectivity index (χ0) is 13.2. The normalized spacial score (nSPS) is 18.2. The topological polar surface area (TPSA) is 78.9 Å². The Balaban J connectivity index is 0.00000180. The van der Waals surface area contributed by atoms with E-state index in [1.165, 1.54) is 11.3 Å². The van der Waals surface area contributed by atoms with Crippen LogP contribution in [-0.2, 0) is 10.1 Å². The molecule has 0 amide bonds. The van der Waals surface area contributed by atoms with Gasteiger partial charge in [0.05, 0.1) is 15.9 Å². The maximum atomic E-state index is 10.5. The molecule has 1 aliphatic heterocycles. The van der Waals surface area contributed by atoms with Gasteiger partial charge < -0.3 is 18.9 Å². The standard InChI is InChI=1S/C10H15NO5S2.Li/c1-11(2-3-18(12,13)14)4-8-5-15-9-6-17-7-10(9)16-8;/h6-8H,2-5H2,1H3,(H,12,13,14);/q;+1/p-1. The predicted molar refractivity (Wildman–Crippen MR) is 66.3 cm³/mol. The van der Waals surface area contributed by atoms with Crippen LogP contribution in [0.4, 0.5) is 0 Å². The van der Waals surface area contributed by atoms with E-state index in [0.29, 0.717) is 13.2 Å². The van der Waals surface area contributed by atoms with Gasteiger partial charge in [0.25, 0.3) is 0 Å². The van der Waals surface area contributed by atoms with Crippen molar-refractivity contribution in [3.8, 4) is 11.5 Å². The van der Waals surface area contributed by atoms with Crippen LogP contribution < -0.4 is 28.3 Å². The second-order valence-electron chi connectivity index (χ2n) is 4.18. The molecule has 0 bridgehead atoms. The quantitative estimate of drug-likeness (QED) is 0.437. The molecule has 0 N–H and O–H groups in total. The van der Waals surface area contributed by atoms with E-state index >= 15 is 0 Å². The van der Waals surface area contributed by atoms with Gasteiger partial charge in [-0.2, -0.15) is 0 Å². The second-order valence-corrected chi connectivity index (χ2v) is 6.44. The van der Waals surface area contributed by atoms with Crippen LogP contribution in [0.5, 0.6) is 11.5 Å². The summed E-state index contributed by atoms with van der Waals surface area (Å²) in [5, 5.41) is 3.74. The van der Waals surface area contributed by atoms with Crippen molar-refractivity contribution in [2.24, 2.45) is 0 Å². The number of nitrogens with zero attached hydrogens (tertiary/aromatic N) is 1. The van der Waals surface area contributed by atoms with Crippen LogP contribution in [0.1, 0.15) is 0 Å². The van der Waals surface area contributed by atoms with Gasteiger partial charge in [-0.25, -0.2) is 8.42 Å². The first-order chi connectivity index (χ1) is 8.44. The average Bonchev–Trinajstić information content (AvgIpc) is 2.72. The molecule has 0 aromatic carbocycles. The Morgan fingerprint density at radius 2 is 2.16 bits per heavy atom. The Labute approximate surface area is 128 Å². The van der Waals surface area contributed by atoms with Crippen molar-refractivity contribution in [2.75, 3.05) is 32.5 Å². The summed E-state index contributed by atoms with van der Waals surface area (Å²) in [7, 11) is -2.41. The number of likely N-dealkylation sites (N-methyl/N-ethyl adjacent to an activating group) is 1. The molecule has 0 aliphatic carbocycles. The minimum atomic E-state index is -4.16. The smallest absolute Gasteiger partial charge is 0.748 e. The van der Waals surface area contributed by atoms with Gasteiger partial charge in [0, 0.05) is 23.8 Å². The number of hydrogen-bond donors (Lipinski definition) is 0. The molecule has 2 heterocycles. The van der Waals surface area contributed by atoms with Crippen LogP contribution in [0.25, 0.3) is 0 Å². The van der Waals surface area contributed by atoms with Gasteiger partial charge in [0.15, 0.2) is 11.5 Å². The van der Waals surface area contributed by atoms with E-state index < -0.39 is 10.1 Å². The predicted octanol–water partition coefficient (Wildman–Crippen LogP) is -2.63. The fraction of sp³-hybridized carbons (Fsp3) is 0.600. The molecule has 19 heavy (non-hydrogen) atoms. The van der Waals surface area contributed by atoms with Crippen molar-refractivity contribution < 1.29 is 41.3 Å². The molecule has 1 aromatic heterocycles. The summed E-state index contributed by atoms with van der Waals surface area (Å²) in [6.45, 7) is 1.14. The maximum absolute atomic E-state index is 10.5. The summed E-state index contributed by atoms with van der Waals surface area (Å²) in [5.74, 6) is 1.09. The minimum absolute atomic E-state index is 0. The first kappa shape index (κ1) is 16.8. The summed E-state index contributed by atoms with van der Waals surface area (Å²) in [4.78, 5) is 1.75. The molecule has 0 spiro atoms. The van der Waals surface area contributed by atoms with E-state index in [1.807, 2.05) is 10.8 Å². The molecule has 1 unspecified atom stereocenters. The summed E-state index contributed by atoms with van der Waals surface area (Å²) in [6, 6.07) is 0. The Kier molecular flexibility index (Phi) is 6.17. The van der Waals surface area contributed by atoms with E-state index in [0.717, 1.165) is 11.5 Å². The Morgan fingerprint density at radius 3 is 2.84 bits per heavy atom. The van der Waals surface area contributed by atoms with Gasteiger partial charge in [-0.3, -0.25) is 0 Å². The number of hydrogen-bond acceptors (Lipinski definition) is 7.